The number of hydrogen-bond donors (Lipinski definition) is 1. The maximum atomic E-state index is 6.01. The van der Waals surface area contributed by atoms with Gasteiger partial charge in [-0.25, -0.2) is 0 Å². The van der Waals surface area contributed by atoms with Crippen LogP contribution in [0.1, 0.15) is 26.2 Å². The second kappa shape index (κ2) is 4.96. The Balaban J connectivity index is 2.16. The first-order chi connectivity index (χ1) is 7.70. The molecule has 1 aliphatic heterocycles. The van der Waals surface area contributed by atoms with Gasteiger partial charge in [-0.2, -0.15) is 0 Å². The fraction of sp³-hybridized carbons (Fsp3) is 0.538. The number of anilines is 2. The van der Waals surface area contributed by atoms with Crippen LogP contribution < -0.4 is 10.6 Å². The van der Waals surface area contributed by atoms with Gasteiger partial charge in [-0.15, -0.1) is 0 Å². The highest BCUT2D eigenvalue weighted by Gasteiger charge is 2.19. The van der Waals surface area contributed by atoms with Crippen LogP contribution in [0.5, 0.6) is 0 Å². The third kappa shape index (κ3) is 2.43. The summed E-state index contributed by atoms with van der Waals surface area (Å²) < 4.78 is 0. The number of nitrogen functional groups attached to an aromatic ring is 1. The summed E-state index contributed by atoms with van der Waals surface area (Å²) in [7, 11) is 0. The van der Waals surface area contributed by atoms with Gasteiger partial charge in [0.2, 0.25) is 0 Å². The van der Waals surface area contributed by atoms with Gasteiger partial charge in [0.25, 0.3) is 0 Å². The normalized spacial score (nSPS) is 21.1. The molecule has 0 aromatic heterocycles. The molecule has 0 spiro atoms. The molecular formula is C13H19ClN2. The van der Waals surface area contributed by atoms with Gasteiger partial charge in [-0.05, 0) is 37.0 Å². The smallest absolute Gasteiger partial charge is 0.0601 e. The Morgan fingerprint density at radius 2 is 2.31 bits per heavy atom. The average molecular weight is 239 g/mol. The van der Waals surface area contributed by atoms with Gasteiger partial charge < -0.3 is 10.6 Å². The molecule has 1 heterocycles. The first-order valence-electron chi connectivity index (χ1n) is 6.00. The first-order valence-corrected chi connectivity index (χ1v) is 6.38. The molecule has 16 heavy (non-hydrogen) atoms. The third-order valence-corrected chi connectivity index (χ3v) is 3.66. The molecule has 3 heteroatoms. The van der Waals surface area contributed by atoms with Gasteiger partial charge in [-0.3, -0.25) is 0 Å². The van der Waals surface area contributed by atoms with E-state index in [0.717, 1.165) is 30.4 Å². The molecule has 1 atom stereocenters. The van der Waals surface area contributed by atoms with Crippen molar-refractivity contribution in [1.29, 1.82) is 0 Å². The summed E-state index contributed by atoms with van der Waals surface area (Å²) >= 11 is 5.91. The fourth-order valence-electron chi connectivity index (χ4n) is 2.43. The summed E-state index contributed by atoms with van der Waals surface area (Å²) in [6.45, 7) is 4.50. The van der Waals surface area contributed by atoms with Crippen LogP contribution in [0.25, 0.3) is 0 Å². The lowest BCUT2D eigenvalue weighted by atomic mass is 9.95. The summed E-state index contributed by atoms with van der Waals surface area (Å²) in [6, 6.07) is 5.80. The predicted molar refractivity (Wildman–Crippen MR) is 71.1 cm³/mol. The Bertz CT molecular complexity index is 365. The number of halogens is 1. The lowest BCUT2D eigenvalue weighted by Gasteiger charge is -2.34. The number of hydrogen-bond acceptors (Lipinski definition) is 2. The summed E-state index contributed by atoms with van der Waals surface area (Å²) in [4.78, 5) is 2.39. The van der Waals surface area contributed by atoms with Crippen LogP contribution >= 0.6 is 11.6 Å². The molecule has 0 bridgehead atoms. The second-order valence-electron chi connectivity index (χ2n) is 4.57. The quantitative estimate of drug-likeness (QED) is 0.799. The summed E-state index contributed by atoms with van der Waals surface area (Å²) in [6.07, 6.45) is 3.87. The van der Waals surface area contributed by atoms with E-state index in [0.29, 0.717) is 5.02 Å². The minimum Gasteiger partial charge on any atom is -0.397 e. The SMILES string of the molecule is CCC1CCCN(c2ccc(Cl)cc2N)C1. The van der Waals surface area contributed by atoms with E-state index in [-0.39, 0.29) is 0 Å². The molecule has 0 aliphatic carbocycles. The van der Waals surface area contributed by atoms with Crippen LogP contribution in [0.3, 0.4) is 0 Å². The van der Waals surface area contributed by atoms with Gasteiger partial charge >= 0.3 is 0 Å². The van der Waals surface area contributed by atoms with E-state index in [9.17, 15) is 0 Å². The van der Waals surface area contributed by atoms with Crippen molar-refractivity contribution in [2.45, 2.75) is 26.2 Å². The molecule has 1 aromatic rings. The number of piperidine rings is 1. The van der Waals surface area contributed by atoms with Crippen molar-refractivity contribution in [2.75, 3.05) is 23.7 Å². The van der Waals surface area contributed by atoms with Gasteiger partial charge in [0, 0.05) is 18.1 Å². The van der Waals surface area contributed by atoms with Crippen LogP contribution in [-0.4, -0.2) is 13.1 Å². The highest BCUT2D eigenvalue weighted by atomic mass is 35.5. The van der Waals surface area contributed by atoms with Gasteiger partial charge in [-0.1, -0.05) is 24.9 Å². The molecule has 1 unspecified atom stereocenters. The van der Waals surface area contributed by atoms with E-state index in [4.69, 9.17) is 17.3 Å². The van der Waals surface area contributed by atoms with Crippen molar-refractivity contribution in [3.63, 3.8) is 0 Å². The maximum absolute atomic E-state index is 6.01. The highest BCUT2D eigenvalue weighted by molar-refractivity contribution is 6.31. The zero-order chi connectivity index (χ0) is 11.5. The number of benzene rings is 1. The molecular weight excluding hydrogens is 220 g/mol. The van der Waals surface area contributed by atoms with E-state index >= 15 is 0 Å². The van der Waals surface area contributed by atoms with Gasteiger partial charge in [0.05, 0.1) is 11.4 Å². The minimum atomic E-state index is 0.713. The number of nitrogens with zero attached hydrogens (tertiary/aromatic N) is 1. The molecule has 88 valence electrons. The van der Waals surface area contributed by atoms with E-state index in [1.54, 1.807) is 0 Å². The van der Waals surface area contributed by atoms with Crippen molar-refractivity contribution in [2.24, 2.45) is 5.92 Å². The Morgan fingerprint density at radius 1 is 1.50 bits per heavy atom. The van der Waals surface area contributed by atoms with Crippen molar-refractivity contribution in [1.82, 2.24) is 0 Å². The van der Waals surface area contributed by atoms with Crippen molar-refractivity contribution >= 4 is 23.0 Å². The molecule has 1 fully saturated rings. The molecule has 1 aliphatic rings. The minimum absolute atomic E-state index is 0.713. The van der Waals surface area contributed by atoms with Crippen LogP contribution in [0, 0.1) is 5.92 Å². The summed E-state index contributed by atoms with van der Waals surface area (Å²) in [5.74, 6) is 0.809. The van der Waals surface area contributed by atoms with E-state index < -0.39 is 0 Å². The van der Waals surface area contributed by atoms with E-state index in [1.165, 1.54) is 19.3 Å². The maximum Gasteiger partial charge on any atom is 0.0601 e. The molecule has 1 saturated heterocycles. The van der Waals surface area contributed by atoms with Crippen molar-refractivity contribution in [3.8, 4) is 0 Å². The Kier molecular flexibility index (Phi) is 3.59. The Hall–Kier alpha value is -0.890. The largest absolute Gasteiger partial charge is 0.397 e. The molecule has 2 N–H and O–H groups in total. The van der Waals surface area contributed by atoms with Crippen LogP contribution in [0.2, 0.25) is 5.02 Å². The lowest BCUT2D eigenvalue weighted by Crippen LogP contribution is -2.35. The monoisotopic (exact) mass is 238 g/mol. The summed E-state index contributed by atoms with van der Waals surface area (Å²) in [5.41, 5.74) is 7.95. The average Bonchev–Trinajstić information content (AvgIpc) is 2.29. The van der Waals surface area contributed by atoms with E-state index in [1.807, 2.05) is 18.2 Å². The molecule has 2 rings (SSSR count). The van der Waals surface area contributed by atoms with Crippen LogP contribution in [0.4, 0.5) is 11.4 Å². The molecule has 0 radical (unpaired) electrons. The highest BCUT2D eigenvalue weighted by Crippen LogP contribution is 2.30. The number of rotatable bonds is 2. The topological polar surface area (TPSA) is 29.3 Å². The van der Waals surface area contributed by atoms with Crippen molar-refractivity contribution in [3.05, 3.63) is 23.2 Å². The molecule has 2 nitrogen and oxygen atoms in total. The van der Waals surface area contributed by atoms with Gasteiger partial charge in [0.15, 0.2) is 0 Å². The Morgan fingerprint density at radius 3 is 3.00 bits per heavy atom. The molecule has 0 amide bonds. The second-order valence-corrected chi connectivity index (χ2v) is 5.00. The van der Waals surface area contributed by atoms with E-state index in [2.05, 4.69) is 11.8 Å². The van der Waals surface area contributed by atoms with Gasteiger partial charge in [0.1, 0.15) is 0 Å². The molecule has 0 saturated carbocycles. The zero-order valence-corrected chi connectivity index (χ0v) is 10.5. The third-order valence-electron chi connectivity index (χ3n) is 3.43. The number of nitrogens with two attached hydrogens (primary N) is 1. The first kappa shape index (κ1) is 11.6. The molecule has 1 aromatic carbocycles. The predicted octanol–water partition coefficient (Wildman–Crippen LogP) is 3.55. The van der Waals surface area contributed by atoms with Crippen molar-refractivity contribution < 1.29 is 0 Å². The fourth-order valence-corrected chi connectivity index (χ4v) is 2.61. The standard InChI is InChI=1S/C13H19ClN2/c1-2-10-4-3-7-16(9-10)13-6-5-11(14)8-12(13)15/h5-6,8,10H,2-4,7,9,15H2,1H3. The zero-order valence-electron chi connectivity index (χ0n) is 9.75. The van der Waals surface area contributed by atoms with Crippen LogP contribution in [-0.2, 0) is 0 Å². The lowest BCUT2D eigenvalue weighted by molar-refractivity contribution is 0.405. The summed E-state index contributed by atoms with van der Waals surface area (Å²) in [5, 5.41) is 0.713. The van der Waals surface area contributed by atoms with Crippen LogP contribution in [0.15, 0.2) is 18.2 Å². The Labute approximate surface area is 102 Å².